The van der Waals surface area contributed by atoms with Gasteiger partial charge in [0.25, 0.3) is 5.91 Å². The molecule has 2 N–H and O–H groups in total. The van der Waals surface area contributed by atoms with Crippen molar-refractivity contribution in [1.29, 1.82) is 0 Å². The largest absolute Gasteiger partial charge is 0.333 e. The van der Waals surface area contributed by atoms with Crippen LogP contribution in [-0.4, -0.2) is 27.3 Å². The molecule has 1 amide bonds. The Kier molecular flexibility index (Phi) is 5.32. The number of H-pyrrole nitrogens is 1. The number of amides is 1. The number of para-hydroxylation sites is 2. The predicted octanol–water partition coefficient (Wildman–Crippen LogP) is 3.96. The Labute approximate surface area is 152 Å². The molecule has 0 spiro atoms. The summed E-state index contributed by atoms with van der Waals surface area (Å²) in [7, 11) is 0. The number of hydrazone groups is 1. The standard InChI is InChI=1S/C17H15BrN4OS/c1-11(12-5-4-6-13(18)9-12)21-22-16(23)10-24-17-19-14-7-2-3-8-15(14)20-17/h2-9H,10H2,1H3,(H,19,20)(H,22,23). The summed E-state index contributed by atoms with van der Waals surface area (Å²) in [6.07, 6.45) is 0. The molecular weight excluding hydrogens is 388 g/mol. The minimum Gasteiger partial charge on any atom is -0.333 e. The molecule has 0 saturated heterocycles. The lowest BCUT2D eigenvalue weighted by Gasteiger charge is -2.03. The van der Waals surface area contributed by atoms with Crippen LogP contribution < -0.4 is 5.43 Å². The first-order valence-electron chi connectivity index (χ1n) is 7.28. The van der Waals surface area contributed by atoms with E-state index in [0.717, 1.165) is 31.9 Å². The van der Waals surface area contributed by atoms with Gasteiger partial charge in [-0.05, 0) is 36.8 Å². The molecular formula is C17H15BrN4OS. The van der Waals surface area contributed by atoms with E-state index in [4.69, 9.17) is 0 Å². The normalized spacial score (nSPS) is 11.7. The molecule has 0 saturated carbocycles. The molecule has 0 aliphatic heterocycles. The number of thioether (sulfide) groups is 1. The third kappa shape index (κ3) is 4.24. The van der Waals surface area contributed by atoms with Gasteiger partial charge in [0, 0.05) is 4.47 Å². The fourth-order valence-electron chi connectivity index (χ4n) is 2.09. The lowest BCUT2D eigenvalue weighted by Crippen LogP contribution is -2.21. The van der Waals surface area contributed by atoms with Crippen molar-refractivity contribution in [3.8, 4) is 0 Å². The summed E-state index contributed by atoms with van der Waals surface area (Å²) in [6.45, 7) is 1.86. The number of imidazole rings is 1. The molecule has 0 aliphatic rings. The Morgan fingerprint density at radius 2 is 2.12 bits per heavy atom. The number of hydrogen-bond donors (Lipinski definition) is 2. The van der Waals surface area contributed by atoms with Crippen molar-refractivity contribution in [2.75, 3.05) is 5.75 Å². The smallest absolute Gasteiger partial charge is 0.250 e. The van der Waals surface area contributed by atoms with Gasteiger partial charge in [0.05, 0.1) is 22.5 Å². The number of carbonyl (C=O) groups excluding carboxylic acids is 1. The molecule has 3 rings (SSSR count). The highest BCUT2D eigenvalue weighted by molar-refractivity contribution is 9.10. The van der Waals surface area contributed by atoms with Gasteiger partial charge < -0.3 is 4.98 Å². The Morgan fingerprint density at radius 1 is 1.29 bits per heavy atom. The highest BCUT2D eigenvalue weighted by Gasteiger charge is 2.07. The number of carbonyl (C=O) groups is 1. The molecule has 122 valence electrons. The maximum absolute atomic E-state index is 11.9. The van der Waals surface area contributed by atoms with Gasteiger partial charge in [-0.2, -0.15) is 5.10 Å². The van der Waals surface area contributed by atoms with Crippen molar-refractivity contribution >= 4 is 50.3 Å². The van der Waals surface area contributed by atoms with Gasteiger partial charge in [0.1, 0.15) is 0 Å². The number of hydrogen-bond acceptors (Lipinski definition) is 4. The van der Waals surface area contributed by atoms with E-state index in [1.165, 1.54) is 11.8 Å². The Balaban J connectivity index is 1.56. The van der Waals surface area contributed by atoms with Crippen LogP contribution >= 0.6 is 27.7 Å². The minimum atomic E-state index is -0.171. The van der Waals surface area contributed by atoms with Crippen LogP contribution in [-0.2, 0) is 4.79 Å². The van der Waals surface area contributed by atoms with Crippen LogP contribution in [0, 0.1) is 0 Å². The van der Waals surface area contributed by atoms with E-state index in [9.17, 15) is 4.79 Å². The lowest BCUT2D eigenvalue weighted by molar-refractivity contribution is -0.118. The van der Waals surface area contributed by atoms with Crippen LogP contribution in [0.2, 0.25) is 0 Å². The summed E-state index contributed by atoms with van der Waals surface area (Å²) in [5.41, 5.74) is 6.13. The zero-order valence-electron chi connectivity index (χ0n) is 12.9. The maximum Gasteiger partial charge on any atom is 0.250 e. The van der Waals surface area contributed by atoms with E-state index in [2.05, 4.69) is 36.4 Å². The molecule has 2 aromatic carbocycles. The number of aromatic amines is 1. The van der Waals surface area contributed by atoms with E-state index in [1.54, 1.807) is 0 Å². The summed E-state index contributed by atoms with van der Waals surface area (Å²) < 4.78 is 0.973. The molecule has 0 unspecified atom stereocenters. The molecule has 0 bridgehead atoms. The second-order valence-corrected chi connectivity index (χ2v) is 6.97. The fraction of sp³-hybridized carbons (Fsp3) is 0.118. The average Bonchev–Trinajstić information content (AvgIpc) is 3.00. The van der Waals surface area contributed by atoms with Crippen LogP contribution in [0.3, 0.4) is 0 Å². The number of nitrogens with zero attached hydrogens (tertiary/aromatic N) is 2. The molecule has 7 heteroatoms. The SMILES string of the molecule is CC(=NNC(=O)CSc1nc2ccccc2[nH]1)c1cccc(Br)c1. The van der Waals surface area contributed by atoms with Crippen molar-refractivity contribution in [2.24, 2.45) is 5.10 Å². The Hall–Kier alpha value is -2.12. The van der Waals surface area contributed by atoms with Gasteiger partial charge in [-0.1, -0.05) is 52.0 Å². The van der Waals surface area contributed by atoms with Crippen LogP contribution in [0.5, 0.6) is 0 Å². The molecule has 0 fully saturated rings. The van der Waals surface area contributed by atoms with Crippen LogP contribution in [0.25, 0.3) is 11.0 Å². The highest BCUT2D eigenvalue weighted by atomic mass is 79.9. The molecule has 5 nitrogen and oxygen atoms in total. The first kappa shape index (κ1) is 16.7. The van der Waals surface area contributed by atoms with Gasteiger partial charge in [-0.15, -0.1) is 0 Å². The third-order valence-electron chi connectivity index (χ3n) is 3.30. The first-order chi connectivity index (χ1) is 11.6. The number of fused-ring (bicyclic) bond motifs is 1. The molecule has 1 heterocycles. The summed E-state index contributed by atoms with van der Waals surface area (Å²) in [5, 5.41) is 4.86. The zero-order chi connectivity index (χ0) is 16.9. The minimum absolute atomic E-state index is 0.171. The number of halogens is 1. The third-order valence-corrected chi connectivity index (χ3v) is 4.66. The second-order valence-electron chi connectivity index (χ2n) is 5.09. The molecule has 0 aliphatic carbocycles. The number of benzene rings is 2. The first-order valence-corrected chi connectivity index (χ1v) is 9.06. The van der Waals surface area contributed by atoms with Gasteiger partial charge in [0.15, 0.2) is 5.16 Å². The lowest BCUT2D eigenvalue weighted by atomic mass is 10.1. The van der Waals surface area contributed by atoms with E-state index >= 15 is 0 Å². The quantitative estimate of drug-likeness (QED) is 0.385. The number of aromatic nitrogens is 2. The van der Waals surface area contributed by atoms with Crippen LogP contribution in [0.1, 0.15) is 12.5 Å². The molecule has 3 aromatic rings. The Bertz CT molecular complexity index is 873. The van der Waals surface area contributed by atoms with Crippen molar-refractivity contribution in [2.45, 2.75) is 12.1 Å². The van der Waals surface area contributed by atoms with Crippen molar-refractivity contribution in [1.82, 2.24) is 15.4 Å². The predicted molar refractivity (Wildman–Crippen MR) is 101 cm³/mol. The second kappa shape index (κ2) is 7.63. The van der Waals surface area contributed by atoms with Crippen molar-refractivity contribution < 1.29 is 4.79 Å². The topological polar surface area (TPSA) is 70.1 Å². The fourth-order valence-corrected chi connectivity index (χ4v) is 3.16. The molecule has 1 aromatic heterocycles. The van der Waals surface area contributed by atoms with Gasteiger partial charge >= 0.3 is 0 Å². The van der Waals surface area contributed by atoms with E-state index in [1.807, 2.05) is 55.5 Å². The van der Waals surface area contributed by atoms with Gasteiger partial charge in [0.2, 0.25) is 0 Å². The molecule has 24 heavy (non-hydrogen) atoms. The summed E-state index contributed by atoms with van der Waals surface area (Å²) in [4.78, 5) is 19.5. The number of rotatable bonds is 5. The summed E-state index contributed by atoms with van der Waals surface area (Å²) in [5.74, 6) is 0.0736. The van der Waals surface area contributed by atoms with Crippen molar-refractivity contribution in [3.63, 3.8) is 0 Å². The van der Waals surface area contributed by atoms with E-state index in [0.29, 0.717) is 0 Å². The molecule has 0 radical (unpaired) electrons. The highest BCUT2D eigenvalue weighted by Crippen LogP contribution is 2.18. The molecule has 0 atom stereocenters. The van der Waals surface area contributed by atoms with E-state index in [-0.39, 0.29) is 11.7 Å². The van der Waals surface area contributed by atoms with Gasteiger partial charge in [-0.25, -0.2) is 10.4 Å². The summed E-state index contributed by atoms with van der Waals surface area (Å²) in [6, 6.07) is 15.5. The van der Waals surface area contributed by atoms with Crippen molar-refractivity contribution in [3.05, 3.63) is 58.6 Å². The maximum atomic E-state index is 11.9. The van der Waals surface area contributed by atoms with Crippen LogP contribution in [0.4, 0.5) is 0 Å². The monoisotopic (exact) mass is 402 g/mol. The van der Waals surface area contributed by atoms with Gasteiger partial charge in [-0.3, -0.25) is 4.79 Å². The van der Waals surface area contributed by atoms with E-state index < -0.39 is 0 Å². The van der Waals surface area contributed by atoms with Crippen LogP contribution in [0.15, 0.2) is 63.3 Å². The summed E-state index contributed by atoms with van der Waals surface area (Å²) >= 11 is 4.77. The number of nitrogens with one attached hydrogen (secondary N) is 2. The zero-order valence-corrected chi connectivity index (χ0v) is 15.3. The Morgan fingerprint density at radius 3 is 2.92 bits per heavy atom. The average molecular weight is 403 g/mol.